The molecule has 1 fully saturated rings. The Morgan fingerprint density at radius 3 is 2.70 bits per heavy atom. The number of nitrogens with one attached hydrogen (secondary N) is 1. The first-order valence-electron chi connectivity index (χ1n) is 7.22. The van der Waals surface area contributed by atoms with Crippen molar-refractivity contribution in [1.82, 2.24) is 20.0 Å². The summed E-state index contributed by atoms with van der Waals surface area (Å²) in [6, 6.07) is 0.493. The Kier molecular flexibility index (Phi) is 5.07. The zero-order valence-corrected chi connectivity index (χ0v) is 13.3. The zero-order valence-electron chi connectivity index (χ0n) is 12.6. The molecule has 0 unspecified atom stereocenters. The molecule has 0 amide bonds. The van der Waals surface area contributed by atoms with Crippen LogP contribution in [0.5, 0.6) is 0 Å². The molecule has 6 heteroatoms. The van der Waals surface area contributed by atoms with Gasteiger partial charge in [-0.3, -0.25) is 4.68 Å². The van der Waals surface area contributed by atoms with Crippen molar-refractivity contribution >= 4 is 11.6 Å². The summed E-state index contributed by atoms with van der Waals surface area (Å²) in [6.45, 7) is 1.62. The molecule has 114 valence electrons. The van der Waals surface area contributed by atoms with E-state index in [0.717, 1.165) is 44.5 Å². The largest absolute Gasteiger partial charge is 0.384 e. The molecule has 2 rings (SSSR count). The SMILES string of the molecule is CNC1CCC(O)(c2c(Cl)cnn2CCN(C)C)CC1. The number of rotatable bonds is 5. The van der Waals surface area contributed by atoms with Gasteiger partial charge in [-0.1, -0.05) is 11.6 Å². The molecule has 0 saturated heterocycles. The van der Waals surface area contributed by atoms with E-state index in [2.05, 4.69) is 15.3 Å². The molecule has 0 atom stereocenters. The number of hydrogen-bond donors (Lipinski definition) is 2. The smallest absolute Gasteiger partial charge is 0.108 e. The number of halogens is 1. The first kappa shape index (κ1) is 15.8. The third-order valence-electron chi connectivity index (χ3n) is 4.22. The number of likely N-dealkylation sites (N-methyl/N-ethyl adjacent to an activating group) is 1. The quantitative estimate of drug-likeness (QED) is 0.864. The lowest BCUT2D eigenvalue weighted by Gasteiger charge is -2.36. The summed E-state index contributed by atoms with van der Waals surface area (Å²) in [4.78, 5) is 2.10. The fourth-order valence-electron chi connectivity index (χ4n) is 2.91. The lowest BCUT2D eigenvalue weighted by molar-refractivity contribution is -0.0156. The van der Waals surface area contributed by atoms with Crippen LogP contribution in [0.1, 0.15) is 31.4 Å². The van der Waals surface area contributed by atoms with Crippen molar-refractivity contribution in [2.45, 2.75) is 43.9 Å². The van der Waals surface area contributed by atoms with Crippen LogP contribution in [-0.4, -0.2) is 53.5 Å². The van der Waals surface area contributed by atoms with Crippen LogP contribution in [0, 0.1) is 0 Å². The first-order chi connectivity index (χ1) is 9.46. The van der Waals surface area contributed by atoms with Crippen LogP contribution in [0.4, 0.5) is 0 Å². The van der Waals surface area contributed by atoms with E-state index in [9.17, 15) is 5.11 Å². The average molecular weight is 301 g/mol. The maximum absolute atomic E-state index is 11.0. The van der Waals surface area contributed by atoms with Gasteiger partial charge < -0.3 is 15.3 Å². The second-order valence-corrected chi connectivity index (χ2v) is 6.37. The van der Waals surface area contributed by atoms with Crippen LogP contribution in [0.15, 0.2) is 6.20 Å². The predicted octanol–water partition coefficient (Wildman–Crippen LogP) is 1.45. The number of hydrogen-bond acceptors (Lipinski definition) is 4. The minimum atomic E-state index is -0.840. The van der Waals surface area contributed by atoms with Gasteiger partial charge in [-0.05, 0) is 46.8 Å². The Balaban J connectivity index is 2.16. The molecule has 5 nitrogen and oxygen atoms in total. The maximum Gasteiger partial charge on any atom is 0.108 e. The normalized spacial score (nSPS) is 27.2. The van der Waals surface area contributed by atoms with Crippen molar-refractivity contribution in [3.63, 3.8) is 0 Å². The van der Waals surface area contributed by atoms with E-state index in [1.54, 1.807) is 6.20 Å². The van der Waals surface area contributed by atoms with Crippen LogP contribution in [0.25, 0.3) is 0 Å². The average Bonchev–Trinajstić information content (AvgIpc) is 2.79. The molecule has 1 aliphatic rings. The molecule has 0 radical (unpaired) electrons. The van der Waals surface area contributed by atoms with E-state index in [1.165, 1.54) is 0 Å². The molecule has 0 aliphatic heterocycles. The van der Waals surface area contributed by atoms with Crippen molar-refractivity contribution in [2.75, 3.05) is 27.7 Å². The second-order valence-electron chi connectivity index (χ2n) is 5.96. The second kappa shape index (κ2) is 6.43. The van der Waals surface area contributed by atoms with Crippen LogP contribution in [-0.2, 0) is 12.1 Å². The van der Waals surface area contributed by atoms with Gasteiger partial charge in [0.25, 0.3) is 0 Å². The Hall–Kier alpha value is -0.620. The highest BCUT2D eigenvalue weighted by Gasteiger charge is 2.38. The first-order valence-corrected chi connectivity index (χ1v) is 7.60. The molecular weight excluding hydrogens is 276 g/mol. The molecule has 1 saturated carbocycles. The molecule has 1 aromatic rings. The summed E-state index contributed by atoms with van der Waals surface area (Å²) >= 11 is 6.28. The van der Waals surface area contributed by atoms with Gasteiger partial charge in [-0.25, -0.2) is 0 Å². The van der Waals surface area contributed by atoms with Gasteiger partial charge in [0.05, 0.1) is 23.5 Å². The van der Waals surface area contributed by atoms with Crippen molar-refractivity contribution in [3.8, 4) is 0 Å². The third-order valence-corrected chi connectivity index (χ3v) is 4.49. The van der Waals surface area contributed by atoms with Gasteiger partial charge in [0, 0.05) is 12.6 Å². The van der Waals surface area contributed by atoms with E-state index >= 15 is 0 Å². The summed E-state index contributed by atoms with van der Waals surface area (Å²) in [7, 11) is 6.03. The Morgan fingerprint density at radius 2 is 2.15 bits per heavy atom. The molecule has 1 heterocycles. The van der Waals surface area contributed by atoms with Crippen LogP contribution >= 0.6 is 11.6 Å². The highest BCUT2D eigenvalue weighted by molar-refractivity contribution is 6.31. The molecule has 0 spiro atoms. The fourth-order valence-corrected chi connectivity index (χ4v) is 3.23. The highest BCUT2D eigenvalue weighted by atomic mass is 35.5. The minimum absolute atomic E-state index is 0.493. The highest BCUT2D eigenvalue weighted by Crippen LogP contribution is 2.40. The van der Waals surface area contributed by atoms with Crippen molar-refractivity contribution in [3.05, 3.63) is 16.9 Å². The summed E-state index contributed by atoms with van der Waals surface area (Å²) in [5.74, 6) is 0. The Morgan fingerprint density at radius 1 is 1.50 bits per heavy atom. The monoisotopic (exact) mass is 300 g/mol. The van der Waals surface area contributed by atoms with Gasteiger partial charge in [-0.15, -0.1) is 0 Å². The van der Waals surface area contributed by atoms with Gasteiger partial charge in [-0.2, -0.15) is 5.10 Å². The number of aromatic nitrogens is 2. The molecule has 1 aliphatic carbocycles. The molecular formula is C14H25ClN4O. The van der Waals surface area contributed by atoms with Crippen molar-refractivity contribution in [2.24, 2.45) is 0 Å². The zero-order chi connectivity index (χ0) is 14.8. The maximum atomic E-state index is 11.0. The predicted molar refractivity (Wildman–Crippen MR) is 81.0 cm³/mol. The molecule has 0 aromatic carbocycles. The van der Waals surface area contributed by atoms with Gasteiger partial charge in [0.15, 0.2) is 0 Å². The van der Waals surface area contributed by atoms with Crippen molar-refractivity contribution in [1.29, 1.82) is 0 Å². The molecule has 1 aromatic heterocycles. The number of aliphatic hydroxyl groups is 1. The Bertz CT molecular complexity index is 438. The summed E-state index contributed by atoms with van der Waals surface area (Å²) in [5.41, 5.74) is -0.0525. The van der Waals surface area contributed by atoms with Crippen LogP contribution in [0.2, 0.25) is 5.02 Å². The molecule has 20 heavy (non-hydrogen) atoms. The minimum Gasteiger partial charge on any atom is -0.384 e. The van der Waals surface area contributed by atoms with Crippen molar-refractivity contribution < 1.29 is 5.11 Å². The number of nitrogens with zero attached hydrogens (tertiary/aromatic N) is 3. The van der Waals surface area contributed by atoms with E-state index < -0.39 is 5.60 Å². The van der Waals surface area contributed by atoms with Crippen LogP contribution in [0.3, 0.4) is 0 Å². The van der Waals surface area contributed by atoms with E-state index in [1.807, 2.05) is 25.8 Å². The van der Waals surface area contributed by atoms with E-state index in [-0.39, 0.29) is 0 Å². The molecule has 2 N–H and O–H groups in total. The standard InChI is InChI=1S/C14H25ClN4O/c1-16-11-4-6-14(20,7-5-11)13-12(15)10-17-19(13)9-8-18(2)3/h10-11,16,20H,4-9H2,1-3H3. The summed E-state index contributed by atoms with van der Waals surface area (Å²) < 4.78 is 1.86. The lowest BCUT2D eigenvalue weighted by Crippen LogP contribution is -2.40. The van der Waals surface area contributed by atoms with Gasteiger partial charge in [0.2, 0.25) is 0 Å². The fraction of sp³-hybridized carbons (Fsp3) is 0.786. The van der Waals surface area contributed by atoms with Gasteiger partial charge >= 0.3 is 0 Å². The third kappa shape index (κ3) is 3.34. The summed E-state index contributed by atoms with van der Waals surface area (Å²) in [5, 5.41) is 19.2. The Labute approximate surface area is 125 Å². The van der Waals surface area contributed by atoms with E-state index in [4.69, 9.17) is 11.6 Å². The topological polar surface area (TPSA) is 53.3 Å². The summed E-state index contributed by atoms with van der Waals surface area (Å²) in [6.07, 6.45) is 5.02. The molecule has 0 bridgehead atoms. The lowest BCUT2D eigenvalue weighted by atomic mass is 9.80. The van der Waals surface area contributed by atoms with Crippen LogP contribution < -0.4 is 5.32 Å². The van der Waals surface area contributed by atoms with Gasteiger partial charge in [0.1, 0.15) is 5.60 Å². The van der Waals surface area contributed by atoms with E-state index in [0.29, 0.717) is 11.1 Å².